The normalized spacial score (nSPS) is 10.4. The van der Waals surface area contributed by atoms with Gasteiger partial charge in [-0.05, 0) is 29.1 Å². The monoisotopic (exact) mass is 361 g/mol. The molecular formula is C17H12FNO3S2. The van der Waals surface area contributed by atoms with Gasteiger partial charge in [-0.1, -0.05) is 18.2 Å². The highest BCUT2D eigenvalue weighted by molar-refractivity contribution is 7.15. The zero-order chi connectivity index (χ0) is 17.1. The molecule has 0 atom stereocenters. The van der Waals surface area contributed by atoms with Gasteiger partial charge in [0.15, 0.2) is 0 Å². The minimum atomic E-state index is -0.558. The first-order valence-electron chi connectivity index (χ1n) is 6.90. The summed E-state index contributed by atoms with van der Waals surface area (Å²) in [6.07, 6.45) is 0. The summed E-state index contributed by atoms with van der Waals surface area (Å²) in [5.41, 5.74) is 1.53. The van der Waals surface area contributed by atoms with Crippen LogP contribution in [0.3, 0.4) is 0 Å². The van der Waals surface area contributed by atoms with Crippen molar-refractivity contribution in [3.63, 3.8) is 0 Å². The van der Waals surface area contributed by atoms with Crippen molar-refractivity contribution in [2.45, 2.75) is 0 Å². The topological polar surface area (TPSA) is 55.4 Å². The predicted octanol–water partition coefficient (Wildman–Crippen LogP) is 4.65. The highest BCUT2D eigenvalue weighted by atomic mass is 32.1. The van der Waals surface area contributed by atoms with Crippen molar-refractivity contribution in [2.75, 3.05) is 12.4 Å². The average Bonchev–Trinajstić information content (AvgIpc) is 3.24. The third-order valence-electron chi connectivity index (χ3n) is 3.31. The van der Waals surface area contributed by atoms with Gasteiger partial charge in [-0.2, -0.15) is 0 Å². The number of carbonyl (C=O) groups excluding carboxylic acids is 2. The Morgan fingerprint density at radius 1 is 1.12 bits per heavy atom. The van der Waals surface area contributed by atoms with Crippen molar-refractivity contribution in [3.8, 4) is 11.1 Å². The van der Waals surface area contributed by atoms with Crippen LogP contribution in [0.1, 0.15) is 20.0 Å². The van der Waals surface area contributed by atoms with Crippen LogP contribution in [0.4, 0.5) is 9.39 Å². The SMILES string of the molecule is COC(=O)c1c(-c2ccc(F)cc2)csc1NC(=O)c1cccs1. The van der Waals surface area contributed by atoms with Gasteiger partial charge < -0.3 is 10.1 Å². The van der Waals surface area contributed by atoms with Crippen molar-refractivity contribution in [1.82, 2.24) is 0 Å². The van der Waals surface area contributed by atoms with Crippen LogP contribution in [0, 0.1) is 5.82 Å². The van der Waals surface area contributed by atoms with Crippen LogP contribution in [0.15, 0.2) is 47.2 Å². The van der Waals surface area contributed by atoms with Crippen molar-refractivity contribution in [1.29, 1.82) is 0 Å². The molecule has 0 fully saturated rings. The number of rotatable bonds is 4. The Morgan fingerprint density at radius 3 is 2.50 bits per heavy atom. The maximum Gasteiger partial charge on any atom is 0.341 e. The molecule has 0 spiro atoms. The van der Waals surface area contributed by atoms with E-state index >= 15 is 0 Å². The van der Waals surface area contributed by atoms with Crippen LogP contribution in [0.5, 0.6) is 0 Å². The molecule has 1 aromatic carbocycles. The molecule has 7 heteroatoms. The number of anilines is 1. The predicted molar refractivity (Wildman–Crippen MR) is 93.3 cm³/mol. The second-order valence-corrected chi connectivity index (χ2v) is 6.61. The van der Waals surface area contributed by atoms with E-state index in [1.54, 1.807) is 35.0 Å². The molecule has 0 aliphatic carbocycles. The van der Waals surface area contributed by atoms with Gasteiger partial charge in [-0.3, -0.25) is 4.79 Å². The molecule has 1 N–H and O–H groups in total. The van der Waals surface area contributed by atoms with Crippen LogP contribution in [-0.2, 0) is 4.74 Å². The molecule has 0 unspecified atom stereocenters. The maximum atomic E-state index is 13.1. The quantitative estimate of drug-likeness (QED) is 0.688. The van der Waals surface area contributed by atoms with E-state index < -0.39 is 5.97 Å². The summed E-state index contributed by atoms with van der Waals surface area (Å²) >= 11 is 2.53. The van der Waals surface area contributed by atoms with Crippen molar-refractivity contribution in [3.05, 3.63) is 63.4 Å². The van der Waals surface area contributed by atoms with E-state index in [0.29, 0.717) is 21.0 Å². The molecule has 3 aromatic rings. The summed E-state index contributed by atoms with van der Waals surface area (Å²) in [4.78, 5) is 25.0. The molecule has 122 valence electrons. The number of halogens is 1. The Labute approximate surface area is 145 Å². The first-order chi connectivity index (χ1) is 11.6. The fraction of sp³-hybridized carbons (Fsp3) is 0.0588. The lowest BCUT2D eigenvalue weighted by Gasteiger charge is -2.07. The Balaban J connectivity index is 1.99. The Morgan fingerprint density at radius 2 is 1.88 bits per heavy atom. The van der Waals surface area contributed by atoms with Crippen molar-refractivity contribution >= 4 is 39.6 Å². The number of hydrogen-bond donors (Lipinski definition) is 1. The van der Waals surface area contributed by atoms with Gasteiger partial charge in [0, 0.05) is 10.9 Å². The Hall–Kier alpha value is -2.51. The lowest BCUT2D eigenvalue weighted by molar-refractivity contribution is 0.0603. The van der Waals surface area contributed by atoms with Crippen molar-refractivity contribution < 1.29 is 18.7 Å². The first-order valence-corrected chi connectivity index (χ1v) is 8.66. The summed E-state index contributed by atoms with van der Waals surface area (Å²) in [5.74, 6) is -1.21. The second-order valence-electron chi connectivity index (χ2n) is 4.78. The number of carbonyl (C=O) groups is 2. The summed E-state index contributed by atoms with van der Waals surface area (Å²) in [5, 5.41) is 6.69. The fourth-order valence-corrected chi connectivity index (χ4v) is 3.74. The van der Waals surface area contributed by atoms with Gasteiger partial charge in [0.1, 0.15) is 16.4 Å². The lowest BCUT2D eigenvalue weighted by atomic mass is 10.0. The molecular weight excluding hydrogens is 349 g/mol. The van der Waals surface area contributed by atoms with Gasteiger partial charge in [-0.25, -0.2) is 9.18 Å². The molecule has 2 aromatic heterocycles. The number of hydrogen-bond acceptors (Lipinski definition) is 5. The van der Waals surface area contributed by atoms with Gasteiger partial charge in [0.25, 0.3) is 5.91 Å². The van der Waals surface area contributed by atoms with E-state index in [2.05, 4.69) is 5.32 Å². The Bertz CT molecular complexity index is 870. The van der Waals surface area contributed by atoms with E-state index in [9.17, 15) is 14.0 Å². The van der Waals surface area contributed by atoms with Gasteiger partial charge in [-0.15, -0.1) is 22.7 Å². The molecule has 24 heavy (non-hydrogen) atoms. The number of thiophene rings is 2. The standard InChI is InChI=1S/C17H12FNO3S2/c1-22-17(21)14-12(10-4-6-11(18)7-5-10)9-24-16(14)19-15(20)13-3-2-8-23-13/h2-9H,1H3,(H,19,20). The molecule has 3 rings (SSSR count). The summed E-state index contributed by atoms with van der Waals surface area (Å²) in [6, 6.07) is 9.27. The van der Waals surface area contributed by atoms with Crippen LogP contribution in [0.25, 0.3) is 11.1 Å². The van der Waals surface area contributed by atoms with Crippen LogP contribution >= 0.6 is 22.7 Å². The molecule has 1 amide bonds. The van der Waals surface area contributed by atoms with Crippen LogP contribution in [0.2, 0.25) is 0 Å². The molecule has 0 saturated carbocycles. The molecule has 2 heterocycles. The highest BCUT2D eigenvalue weighted by Gasteiger charge is 2.22. The van der Waals surface area contributed by atoms with E-state index in [1.165, 1.54) is 41.9 Å². The number of ether oxygens (including phenoxy) is 1. The van der Waals surface area contributed by atoms with E-state index in [1.807, 2.05) is 0 Å². The first kappa shape index (κ1) is 16.4. The minimum Gasteiger partial charge on any atom is -0.465 e. The van der Waals surface area contributed by atoms with Gasteiger partial charge in [0.2, 0.25) is 0 Å². The molecule has 0 bridgehead atoms. The maximum absolute atomic E-state index is 13.1. The molecule has 0 saturated heterocycles. The summed E-state index contributed by atoms with van der Waals surface area (Å²) in [6.45, 7) is 0. The lowest BCUT2D eigenvalue weighted by Crippen LogP contribution is -2.13. The third kappa shape index (κ3) is 3.22. The largest absolute Gasteiger partial charge is 0.465 e. The molecule has 4 nitrogen and oxygen atoms in total. The molecule has 0 aliphatic rings. The van der Waals surface area contributed by atoms with Gasteiger partial charge in [0.05, 0.1) is 12.0 Å². The van der Waals surface area contributed by atoms with Crippen LogP contribution in [-0.4, -0.2) is 19.0 Å². The summed E-state index contributed by atoms with van der Waals surface area (Å²) < 4.78 is 18.0. The number of amides is 1. The van der Waals surface area contributed by atoms with Gasteiger partial charge >= 0.3 is 5.97 Å². The zero-order valence-corrected chi connectivity index (χ0v) is 14.2. The number of methoxy groups -OCH3 is 1. The number of esters is 1. The Kier molecular flexibility index (Phi) is 4.73. The molecule has 0 aliphatic heterocycles. The average molecular weight is 361 g/mol. The number of nitrogens with one attached hydrogen (secondary N) is 1. The minimum absolute atomic E-state index is 0.263. The van der Waals surface area contributed by atoms with E-state index in [4.69, 9.17) is 4.74 Å². The van der Waals surface area contributed by atoms with E-state index in [0.717, 1.165) is 0 Å². The third-order valence-corrected chi connectivity index (χ3v) is 5.07. The van der Waals surface area contributed by atoms with Crippen molar-refractivity contribution in [2.24, 2.45) is 0 Å². The van der Waals surface area contributed by atoms with Crippen LogP contribution < -0.4 is 5.32 Å². The van der Waals surface area contributed by atoms with E-state index in [-0.39, 0.29) is 17.3 Å². The second kappa shape index (κ2) is 6.94. The molecule has 0 radical (unpaired) electrons. The zero-order valence-electron chi connectivity index (χ0n) is 12.5. The smallest absolute Gasteiger partial charge is 0.341 e. The fourth-order valence-electron chi connectivity index (χ4n) is 2.17. The highest BCUT2D eigenvalue weighted by Crippen LogP contribution is 2.36. The number of benzene rings is 1. The summed E-state index contributed by atoms with van der Waals surface area (Å²) in [7, 11) is 1.28.